The Bertz CT molecular complexity index is 1050. The summed E-state index contributed by atoms with van der Waals surface area (Å²) in [6.07, 6.45) is 8.50. The summed E-state index contributed by atoms with van der Waals surface area (Å²) in [5.41, 5.74) is 4.30. The number of nitrogens with one attached hydrogen (secondary N) is 1. The number of carbonyl (C=O) groups excluding carboxylic acids is 1. The molecule has 0 radical (unpaired) electrons. The SMILES string of the molecule is CCC(C)CCCCCN(C)Cc1cccc(OCCn2ccc3ccc(C(=O)NO)cc32)c1. The molecular weight excluding hydrogens is 426 g/mol. The molecule has 0 bridgehead atoms. The molecule has 1 amide bonds. The van der Waals surface area contributed by atoms with Crippen molar-refractivity contribution < 1.29 is 14.7 Å². The first-order chi connectivity index (χ1) is 16.5. The molecule has 0 aliphatic heterocycles. The topological polar surface area (TPSA) is 66.7 Å². The van der Waals surface area contributed by atoms with Gasteiger partial charge < -0.3 is 14.2 Å². The summed E-state index contributed by atoms with van der Waals surface area (Å²) in [6, 6.07) is 15.7. The lowest BCUT2D eigenvalue weighted by Gasteiger charge is -2.17. The molecule has 1 atom stereocenters. The minimum absolute atomic E-state index is 0.420. The van der Waals surface area contributed by atoms with Crippen molar-refractivity contribution in [1.82, 2.24) is 14.9 Å². The highest BCUT2D eigenvalue weighted by Crippen LogP contribution is 2.19. The smallest absolute Gasteiger partial charge is 0.274 e. The zero-order valence-corrected chi connectivity index (χ0v) is 20.8. The van der Waals surface area contributed by atoms with Gasteiger partial charge in [-0.1, -0.05) is 57.7 Å². The molecule has 0 spiro atoms. The number of fused-ring (bicyclic) bond motifs is 1. The van der Waals surface area contributed by atoms with Crippen molar-refractivity contribution in [3.63, 3.8) is 0 Å². The van der Waals surface area contributed by atoms with Gasteiger partial charge in [-0.25, -0.2) is 5.48 Å². The summed E-state index contributed by atoms with van der Waals surface area (Å²) in [6.45, 7) is 7.83. The van der Waals surface area contributed by atoms with E-state index in [4.69, 9.17) is 9.94 Å². The van der Waals surface area contributed by atoms with E-state index in [9.17, 15) is 4.79 Å². The summed E-state index contributed by atoms with van der Waals surface area (Å²) >= 11 is 0. The standard InChI is InChI=1S/C28H39N3O3/c1-4-22(2)9-6-5-7-15-30(3)21-23-10-8-11-26(19-23)34-18-17-31-16-14-24-12-13-25(20-27(24)31)28(32)29-33/h8,10-14,16,19-20,22,33H,4-7,9,15,17-18,21H2,1-3H3,(H,29,32). The van der Waals surface area contributed by atoms with Crippen LogP contribution in [-0.2, 0) is 13.1 Å². The molecule has 1 heterocycles. The number of hydrogen-bond donors (Lipinski definition) is 2. The van der Waals surface area contributed by atoms with Crippen molar-refractivity contribution in [3.8, 4) is 5.75 Å². The summed E-state index contributed by atoms with van der Waals surface area (Å²) in [4.78, 5) is 14.1. The maximum atomic E-state index is 11.7. The van der Waals surface area contributed by atoms with Gasteiger partial charge in [-0.3, -0.25) is 10.0 Å². The third-order valence-electron chi connectivity index (χ3n) is 6.52. The van der Waals surface area contributed by atoms with Crippen LogP contribution in [0.4, 0.5) is 0 Å². The lowest BCUT2D eigenvalue weighted by Crippen LogP contribution is -2.19. The van der Waals surface area contributed by atoms with Gasteiger partial charge in [0.25, 0.3) is 5.91 Å². The van der Waals surface area contributed by atoms with Crippen LogP contribution in [-0.4, -0.2) is 40.8 Å². The van der Waals surface area contributed by atoms with E-state index in [2.05, 4.69) is 48.6 Å². The number of nitrogens with zero attached hydrogens (tertiary/aromatic N) is 2. The zero-order chi connectivity index (χ0) is 24.3. The van der Waals surface area contributed by atoms with E-state index in [-0.39, 0.29) is 0 Å². The van der Waals surface area contributed by atoms with Crippen molar-refractivity contribution in [2.45, 2.75) is 59.0 Å². The Morgan fingerprint density at radius 2 is 2.00 bits per heavy atom. The highest BCUT2D eigenvalue weighted by molar-refractivity contribution is 5.97. The van der Waals surface area contributed by atoms with E-state index >= 15 is 0 Å². The van der Waals surface area contributed by atoms with Gasteiger partial charge >= 0.3 is 0 Å². The second-order valence-corrected chi connectivity index (χ2v) is 9.32. The van der Waals surface area contributed by atoms with Gasteiger partial charge in [0.15, 0.2) is 0 Å². The summed E-state index contributed by atoms with van der Waals surface area (Å²) in [7, 11) is 2.19. The molecule has 1 aromatic heterocycles. The van der Waals surface area contributed by atoms with Gasteiger partial charge in [0, 0.05) is 23.8 Å². The third-order valence-corrected chi connectivity index (χ3v) is 6.52. The molecule has 3 aromatic rings. The van der Waals surface area contributed by atoms with E-state index in [1.807, 2.05) is 24.4 Å². The number of amides is 1. The lowest BCUT2D eigenvalue weighted by atomic mass is 10.0. The van der Waals surface area contributed by atoms with E-state index < -0.39 is 5.91 Å². The Morgan fingerprint density at radius 3 is 2.79 bits per heavy atom. The van der Waals surface area contributed by atoms with Crippen molar-refractivity contribution >= 4 is 16.8 Å². The monoisotopic (exact) mass is 465 g/mol. The van der Waals surface area contributed by atoms with Crippen LogP contribution < -0.4 is 10.2 Å². The fourth-order valence-corrected chi connectivity index (χ4v) is 4.23. The molecular formula is C28H39N3O3. The van der Waals surface area contributed by atoms with Gasteiger partial charge in [-0.2, -0.15) is 0 Å². The predicted molar refractivity (Wildman–Crippen MR) is 137 cm³/mol. The van der Waals surface area contributed by atoms with Crippen LogP contribution in [0.25, 0.3) is 10.9 Å². The summed E-state index contributed by atoms with van der Waals surface area (Å²) < 4.78 is 8.09. The van der Waals surface area contributed by atoms with Crippen LogP contribution in [0.2, 0.25) is 0 Å². The maximum absolute atomic E-state index is 11.7. The van der Waals surface area contributed by atoms with Gasteiger partial charge in [-0.05, 0) is 67.2 Å². The summed E-state index contributed by atoms with van der Waals surface area (Å²) in [5, 5.41) is 9.93. The fourth-order valence-electron chi connectivity index (χ4n) is 4.23. The van der Waals surface area contributed by atoms with Crippen LogP contribution >= 0.6 is 0 Å². The highest BCUT2D eigenvalue weighted by atomic mass is 16.5. The fraction of sp³-hybridized carbons (Fsp3) is 0.464. The average Bonchev–Trinajstić information content (AvgIpc) is 3.25. The first-order valence-corrected chi connectivity index (χ1v) is 12.4. The van der Waals surface area contributed by atoms with E-state index in [1.54, 1.807) is 17.6 Å². The van der Waals surface area contributed by atoms with Gasteiger partial charge in [0.05, 0.1) is 6.54 Å². The predicted octanol–water partition coefficient (Wildman–Crippen LogP) is 5.88. The molecule has 3 rings (SSSR count). The number of unbranched alkanes of at least 4 members (excludes halogenated alkanes) is 2. The summed E-state index contributed by atoms with van der Waals surface area (Å²) in [5.74, 6) is 1.21. The van der Waals surface area contributed by atoms with E-state index in [1.165, 1.54) is 37.7 Å². The number of benzene rings is 2. The molecule has 0 fully saturated rings. The molecule has 2 N–H and O–H groups in total. The van der Waals surface area contributed by atoms with Crippen LogP contribution in [0.5, 0.6) is 5.75 Å². The Morgan fingerprint density at radius 1 is 1.15 bits per heavy atom. The van der Waals surface area contributed by atoms with Crippen LogP contribution in [0.1, 0.15) is 61.9 Å². The van der Waals surface area contributed by atoms with Crippen molar-refractivity contribution in [2.75, 3.05) is 20.2 Å². The number of carbonyl (C=O) groups is 1. The first kappa shape index (κ1) is 25.8. The largest absolute Gasteiger partial charge is 0.492 e. The van der Waals surface area contributed by atoms with E-state index in [0.717, 1.165) is 35.7 Å². The van der Waals surface area contributed by atoms with Crippen molar-refractivity contribution in [2.24, 2.45) is 5.92 Å². The molecule has 2 aromatic carbocycles. The Hall–Kier alpha value is -2.83. The quantitative estimate of drug-likeness (QED) is 0.177. The van der Waals surface area contributed by atoms with Gasteiger partial charge in [0.2, 0.25) is 0 Å². The highest BCUT2D eigenvalue weighted by Gasteiger charge is 2.08. The number of rotatable bonds is 14. The van der Waals surface area contributed by atoms with E-state index in [0.29, 0.717) is 18.7 Å². The zero-order valence-electron chi connectivity index (χ0n) is 20.8. The number of ether oxygens (including phenoxy) is 1. The number of aromatic nitrogens is 1. The minimum Gasteiger partial charge on any atom is -0.492 e. The molecule has 6 heteroatoms. The van der Waals surface area contributed by atoms with Crippen molar-refractivity contribution in [3.05, 3.63) is 65.9 Å². The Labute approximate surface area is 203 Å². The Kier molecular flexibility index (Phi) is 9.98. The molecule has 1 unspecified atom stereocenters. The molecule has 0 saturated carbocycles. The number of hydroxylamine groups is 1. The number of hydrogen-bond acceptors (Lipinski definition) is 4. The lowest BCUT2D eigenvalue weighted by molar-refractivity contribution is 0.0706. The maximum Gasteiger partial charge on any atom is 0.274 e. The molecule has 0 aliphatic carbocycles. The Balaban J connectivity index is 1.46. The van der Waals surface area contributed by atoms with Crippen LogP contribution in [0, 0.1) is 5.92 Å². The first-order valence-electron chi connectivity index (χ1n) is 12.4. The normalized spacial score (nSPS) is 12.3. The molecule has 34 heavy (non-hydrogen) atoms. The van der Waals surface area contributed by atoms with Crippen LogP contribution in [0.3, 0.4) is 0 Å². The second-order valence-electron chi connectivity index (χ2n) is 9.32. The third kappa shape index (κ3) is 7.61. The molecule has 0 saturated heterocycles. The van der Waals surface area contributed by atoms with Crippen LogP contribution in [0.15, 0.2) is 54.7 Å². The second kappa shape index (κ2) is 13.2. The molecule has 184 valence electrons. The minimum atomic E-state index is -0.515. The van der Waals surface area contributed by atoms with Gasteiger partial charge in [0.1, 0.15) is 12.4 Å². The van der Waals surface area contributed by atoms with Gasteiger partial charge in [-0.15, -0.1) is 0 Å². The molecule has 0 aliphatic rings. The molecule has 6 nitrogen and oxygen atoms in total. The van der Waals surface area contributed by atoms with Crippen molar-refractivity contribution in [1.29, 1.82) is 0 Å². The average molecular weight is 466 g/mol.